The fraction of sp³-hybridized carbons (Fsp3) is 0.304. The van der Waals surface area contributed by atoms with Crippen LogP contribution in [0.25, 0.3) is 0 Å². The van der Waals surface area contributed by atoms with E-state index in [4.69, 9.17) is 21.1 Å². The molecular formula is C23H22ClF3N2O6. The molecule has 0 unspecified atom stereocenters. The molecule has 2 N–H and O–H groups in total. The minimum atomic E-state index is -4.61. The first-order chi connectivity index (χ1) is 16.5. The quantitative estimate of drug-likeness (QED) is 0.439. The van der Waals surface area contributed by atoms with Crippen molar-refractivity contribution in [3.8, 4) is 0 Å². The van der Waals surface area contributed by atoms with Gasteiger partial charge < -0.3 is 20.1 Å². The fourth-order valence-electron chi connectivity index (χ4n) is 2.61. The highest BCUT2D eigenvalue weighted by Crippen LogP contribution is 2.33. The number of benzene rings is 2. The van der Waals surface area contributed by atoms with Crippen molar-refractivity contribution in [3.05, 3.63) is 58.6 Å². The molecule has 8 nitrogen and oxygen atoms in total. The number of amides is 2. The third-order valence-corrected chi connectivity index (χ3v) is 4.66. The largest absolute Gasteiger partial charge is 0.462 e. The van der Waals surface area contributed by atoms with Gasteiger partial charge in [-0.1, -0.05) is 18.5 Å². The summed E-state index contributed by atoms with van der Waals surface area (Å²) < 4.78 is 48.2. The van der Waals surface area contributed by atoms with Crippen LogP contribution >= 0.6 is 11.6 Å². The van der Waals surface area contributed by atoms with E-state index in [2.05, 4.69) is 10.6 Å². The van der Waals surface area contributed by atoms with Crippen molar-refractivity contribution in [2.45, 2.75) is 32.4 Å². The van der Waals surface area contributed by atoms with Crippen LogP contribution in [0.1, 0.15) is 42.1 Å². The number of carbonyl (C=O) groups excluding carboxylic acids is 4. The Kier molecular flexibility index (Phi) is 10.1. The zero-order valence-electron chi connectivity index (χ0n) is 18.5. The standard InChI is InChI=1S/C23H22ClF3N2O6/c1-2-11-34-22(33)14-3-6-16(7-4-14)28-20(31)13-35-21(32)10-9-19(30)29-18-12-15(23(25,26)27)5-8-17(18)24/h3-8,12H,2,9-11,13H2,1H3,(H,28,31)(H,29,30). The van der Waals surface area contributed by atoms with Crippen LogP contribution in [0.3, 0.4) is 0 Å². The summed E-state index contributed by atoms with van der Waals surface area (Å²) >= 11 is 5.81. The van der Waals surface area contributed by atoms with Crippen LogP contribution in [0, 0.1) is 0 Å². The molecule has 0 saturated carbocycles. The van der Waals surface area contributed by atoms with Crippen molar-refractivity contribution < 1.29 is 41.8 Å². The van der Waals surface area contributed by atoms with Crippen LogP contribution in [0.5, 0.6) is 0 Å². The number of anilines is 2. The molecule has 0 aliphatic heterocycles. The molecule has 0 aliphatic carbocycles. The van der Waals surface area contributed by atoms with Gasteiger partial charge in [0.15, 0.2) is 6.61 Å². The molecule has 0 aliphatic rings. The van der Waals surface area contributed by atoms with Crippen LogP contribution < -0.4 is 10.6 Å². The van der Waals surface area contributed by atoms with Crippen LogP contribution in [0.4, 0.5) is 24.5 Å². The lowest BCUT2D eigenvalue weighted by Gasteiger charge is -2.11. The lowest BCUT2D eigenvalue weighted by atomic mass is 10.2. The maximum absolute atomic E-state index is 12.8. The number of hydrogen-bond donors (Lipinski definition) is 2. The smallest absolute Gasteiger partial charge is 0.416 e. The zero-order valence-corrected chi connectivity index (χ0v) is 19.3. The highest BCUT2D eigenvalue weighted by atomic mass is 35.5. The Morgan fingerprint density at radius 3 is 2.23 bits per heavy atom. The van der Waals surface area contributed by atoms with E-state index in [0.29, 0.717) is 30.3 Å². The number of esters is 2. The second-order valence-corrected chi connectivity index (χ2v) is 7.57. The number of hydrogen-bond acceptors (Lipinski definition) is 6. The molecule has 0 heterocycles. The van der Waals surface area contributed by atoms with Gasteiger partial charge in [0.05, 0.1) is 34.9 Å². The minimum absolute atomic E-state index is 0.100. The number of halogens is 4. The Morgan fingerprint density at radius 2 is 1.60 bits per heavy atom. The maximum atomic E-state index is 12.8. The SMILES string of the molecule is CCCOC(=O)c1ccc(NC(=O)COC(=O)CCC(=O)Nc2cc(C(F)(F)F)ccc2Cl)cc1. The van der Waals surface area contributed by atoms with Crippen molar-refractivity contribution >= 4 is 46.7 Å². The van der Waals surface area contributed by atoms with Gasteiger partial charge in [-0.2, -0.15) is 13.2 Å². The van der Waals surface area contributed by atoms with Crippen LogP contribution in [0.2, 0.25) is 5.02 Å². The summed E-state index contributed by atoms with van der Waals surface area (Å²) in [5, 5.41) is 4.58. The summed E-state index contributed by atoms with van der Waals surface area (Å²) in [6.07, 6.45) is -4.74. The average Bonchev–Trinajstić information content (AvgIpc) is 2.81. The van der Waals surface area contributed by atoms with E-state index in [-0.39, 0.29) is 10.7 Å². The second-order valence-electron chi connectivity index (χ2n) is 7.16. The van der Waals surface area contributed by atoms with E-state index in [1.807, 2.05) is 6.92 Å². The predicted molar refractivity (Wildman–Crippen MR) is 121 cm³/mol. The highest BCUT2D eigenvalue weighted by Gasteiger charge is 2.31. The highest BCUT2D eigenvalue weighted by molar-refractivity contribution is 6.33. The normalized spacial score (nSPS) is 10.9. The molecule has 0 fully saturated rings. The number of rotatable bonds is 10. The molecule has 0 bridgehead atoms. The van der Waals surface area contributed by atoms with E-state index in [1.54, 1.807) is 0 Å². The van der Waals surface area contributed by atoms with Crippen LogP contribution in [-0.2, 0) is 30.0 Å². The van der Waals surface area contributed by atoms with Gasteiger partial charge >= 0.3 is 18.1 Å². The summed E-state index contributed by atoms with van der Waals surface area (Å²) in [7, 11) is 0. The number of alkyl halides is 3. The predicted octanol–water partition coefficient (Wildman–Crippen LogP) is 4.83. The number of carbonyl (C=O) groups is 4. The molecule has 0 atom stereocenters. The first-order valence-electron chi connectivity index (χ1n) is 10.4. The maximum Gasteiger partial charge on any atom is 0.416 e. The van der Waals surface area contributed by atoms with Gasteiger partial charge in [-0.3, -0.25) is 14.4 Å². The monoisotopic (exact) mass is 514 g/mol. The Hall–Kier alpha value is -3.60. The average molecular weight is 515 g/mol. The molecule has 35 heavy (non-hydrogen) atoms. The van der Waals surface area contributed by atoms with Crippen molar-refractivity contribution in [2.75, 3.05) is 23.8 Å². The third kappa shape index (κ3) is 9.28. The van der Waals surface area contributed by atoms with E-state index < -0.39 is 54.9 Å². The van der Waals surface area contributed by atoms with Crippen molar-refractivity contribution in [3.63, 3.8) is 0 Å². The van der Waals surface area contributed by atoms with Gasteiger partial charge in [0, 0.05) is 12.1 Å². The van der Waals surface area contributed by atoms with Crippen LogP contribution in [0.15, 0.2) is 42.5 Å². The zero-order chi connectivity index (χ0) is 26.0. The Morgan fingerprint density at radius 1 is 0.914 bits per heavy atom. The molecule has 0 aromatic heterocycles. The number of nitrogens with one attached hydrogen (secondary N) is 2. The first-order valence-corrected chi connectivity index (χ1v) is 10.8. The van der Waals surface area contributed by atoms with Crippen molar-refractivity contribution in [1.82, 2.24) is 0 Å². The summed E-state index contributed by atoms with van der Waals surface area (Å²) in [6.45, 7) is 1.54. The summed E-state index contributed by atoms with van der Waals surface area (Å²) in [5.74, 6) is -2.76. The second kappa shape index (κ2) is 12.7. The van der Waals surface area contributed by atoms with Crippen molar-refractivity contribution in [1.29, 1.82) is 0 Å². The third-order valence-electron chi connectivity index (χ3n) is 4.33. The Bertz CT molecular complexity index is 1070. The van der Waals surface area contributed by atoms with Gasteiger partial charge in [-0.25, -0.2) is 4.79 Å². The summed E-state index contributed by atoms with van der Waals surface area (Å²) in [4.78, 5) is 47.5. The van der Waals surface area contributed by atoms with Gasteiger partial charge in [-0.05, 0) is 48.9 Å². The Balaban J connectivity index is 1.75. The molecule has 2 aromatic rings. The molecule has 0 radical (unpaired) electrons. The molecule has 0 saturated heterocycles. The first kappa shape index (κ1) is 27.6. The fourth-order valence-corrected chi connectivity index (χ4v) is 2.77. The topological polar surface area (TPSA) is 111 Å². The molecule has 12 heteroatoms. The van der Waals surface area contributed by atoms with Crippen LogP contribution in [-0.4, -0.2) is 37.0 Å². The summed E-state index contributed by atoms with van der Waals surface area (Å²) in [5.41, 5.74) is -0.569. The molecule has 2 aromatic carbocycles. The molecular weight excluding hydrogens is 493 g/mol. The van der Waals surface area contributed by atoms with Crippen molar-refractivity contribution in [2.24, 2.45) is 0 Å². The molecule has 2 amide bonds. The number of ether oxygens (including phenoxy) is 2. The van der Waals surface area contributed by atoms with Gasteiger partial charge in [0.25, 0.3) is 5.91 Å². The van der Waals surface area contributed by atoms with E-state index in [9.17, 15) is 32.3 Å². The van der Waals surface area contributed by atoms with E-state index in [1.165, 1.54) is 24.3 Å². The van der Waals surface area contributed by atoms with Gasteiger partial charge in [0.1, 0.15) is 0 Å². The Labute approximate surface area is 203 Å². The molecule has 2 rings (SSSR count). The lowest BCUT2D eigenvalue weighted by molar-refractivity contribution is -0.147. The van der Waals surface area contributed by atoms with Gasteiger partial charge in [-0.15, -0.1) is 0 Å². The van der Waals surface area contributed by atoms with E-state index >= 15 is 0 Å². The molecule has 0 spiro atoms. The summed E-state index contributed by atoms with van der Waals surface area (Å²) in [6, 6.07) is 8.35. The van der Waals surface area contributed by atoms with E-state index in [0.717, 1.165) is 12.1 Å². The minimum Gasteiger partial charge on any atom is -0.462 e. The van der Waals surface area contributed by atoms with Gasteiger partial charge in [0.2, 0.25) is 5.91 Å². The molecule has 188 valence electrons. The lowest BCUT2D eigenvalue weighted by Crippen LogP contribution is -2.22.